The van der Waals surface area contributed by atoms with E-state index in [9.17, 15) is 9.90 Å². The Balaban J connectivity index is 1.53. The van der Waals surface area contributed by atoms with Crippen molar-refractivity contribution in [2.24, 2.45) is 0 Å². The number of hydrogen-bond donors (Lipinski definition) is 1. The van der Waals surface area contributed by atoms with E-state index in [1.807, 2.05) is 91.0 Å². The third-order valence-electron chi connectivity index (χ3n) is 5.34. The molecule has 0 unspecified atom stereocenters. The molecule has 4 rings (SSSR count). The Labute approximate surface area is 193 Å². The summed E-state index contributed by atoms with van der Waals surface area (Å²) < 4.78 is 0. The second-order valence-corrected chi connectivity index (χ2v) is 7.61. The molecule has 0 saturated heterocycles. The van der Waals surface area contributed by atoms with Crippen molar-refractivity contribution in [1.82, 2.24) is 9.97 Å². The van der Waals surface area contributed by atoms with Gasteiger partial charge in [-0.2, -0.15) is 0 Å². The van der Waals surface area contributed by atoms with E-state index >= 15 is 0 Å². The molecule has 0 amide bonds. The molecule has 0 saturated carbocycles. The zero-order chi connectivity index (χ0) is 23.0. The quantitative estimate of drug-likeness (QED) is 0.448. The van der Waals surface area contributed by atoms with Crippen molar-refractivity contribution in [1.29, 1.82) is 0 Å². The number of carboxylic acids is 1. The third kappa shape index (κ3) is 5.63. The predicted octanol–water partition coefficient (Wildman–Crippen LogP) is 4.68. The van der Waals surface area contributed by atoms with Crippen LogP contribution < -0.4 is 4.90 Å². The summed E-state index contributed by atoms with van der Waals surface area (Å²) in [4.78, 5) is 22.4. The van der Waals surface area contributed by atoms with Crippen molar-refractivity contribution in [3.05, 3.63) is 114 Å². The maximum absolute atomic E-state index is 12.0. The molecule has 0 radical (unpaired) electrons. The van der Waals surface area contributed by atoms with Crippen molar-refractivity contribution in [3.8, 4) is 23.1 Å². The first-order valence-electron chi connectivity index (χ1n) is 10.6. The zero-order valence-corrected chi connectivity index (χ0v) is 18.2. The van der Waals surface area contributed by atoms with E-state index < -0.39 is 12.0 Å². The maximum atomic E-state index is 12.0. The molecule has 1 heterocycles. The standard InChI is InChI=1S/C28H23N3O2/c1-31(26(28(32)33)18-23-10-6-3-7-11-23)27-19-25(29-20-30-27)24-16-14-22(15-17-24)13-12-21-8-4-2-5-9-21/h2-11,14-17,19-20,26H,18H2,1H3,(H,32,33)/t26-/m0/s1. The molecule has 5 heteroatoms. The zero-order valence-electron chi connectivity index (χ0n) is 18.2. The maximum Gasteiger partial charge on any atom is 0.326 e. The molecule has 33 heavy (non-hydrogen) atoms. The molecule has 0 bridgehead atoms. The lowest BCUT2D eigenvalue weighted by atomic mass is 10.0. The van der Waals surface area contributed by atoms with E-state index in [4.69, 9.17) is 0 Å². The van der Waals surface area contributed by atoms with E-state index in [1.165, 1.54) is 6.33 Å². The summed E-state index contributed by atoms with van der Waals surface area (Å²) >= 11 is 0. The first kappa shape index (κ1) is 21.8. The average molecular weight is 434 g/mol. The number of anilines is 1. The number of carbonyl (C=O) groups is 1. The molecule has 5 nitrogen and oxygen atoms in total. The number of hydrogen-bond acceptors (Lipinski definition) is 4. The molecular formula is C28H23N3O2. The van der Waals surface area contributed by atoms with Crippen LogP contribution in [0.3, 0.4) is 0 Å². The SMILES string of the molecule is CN(c1cc(-c2ccc(C#Cc3ccccc3)cc2)ncn1)[C@@H](Cc1ccccc1)C(=O)O. The van der Waals surface area contributed by atoms with E-state index in [2.05, 4.69) is 21.8 Å². The van der Waals surface area contributed by atoms with Crippen molar-refractivity contribution in [2.45, 2.75) is 12.5 Å². The van der Waals surface area contributed by atoms with Gasteiger partial charge in [-0.15, -0.1) is 0 Å². The summed E-state index contributed by atoms with van der Waals surface area (Å²) in [6, 6.07) is 28.3. The van der Waals surface area contributed by atoms with Crippen LogP contribution in [-0.2, 0) is 11.2 Å². The van der Waals surface area contributed by atoms with Crippen LogP contribution in [0.5, 0.6) is 0 Å². The molecule has 3 aromatic carbocycles. The van der Waals surface area contributed by atoms with Crippen LogP contribution in [0.25, 0.3) is 11.3 Å². The summed E-state index contributed by atoms with van der Waals surface area (Å²) in [5.41, 5.74) is 4.46. The Morgan fingerprint density at radius 3 is 2.12 bits per heavy atom. The molecule has 162 valence electrons. The minimum absolute atomic E-state index is 0.376. The van der Waals surface area contributed by atoms with Crippen LogP contribution in [-0.4, -0.2) is 34.1 Å². The fourth-order valence-corrected chi connectivity index (χ4v) is 3.47. The van der Waals surface area contributed by atoms with Crippen LogP contribution in [0, 0.1) is 11.8 Å². The first-order chi connectivity index (χ1) is 16.1. The highest BCUT2D eigenvalue weighted by atomic mass is 16.4. The van der Waals surface area contributed by atoms with Crippen molar-refractivity contribution in [2.75, 3.05) is 11.9 Å². The highest BCUT2D eigenvalue weighted by Crippen LogP contribution is 2.22. The number of nitrogens with zero attached hydrogens (tertiary/aromatic N) is 3. The monoisotopic (exact) mass is 433 g/mol. The van der Waals surface area contributed by atoms with Gasteiger partial charge in [0.25, 0.3) is 0 Å². The van der Waals surface area contributed by atoms with Gasteiger partial charge in [0.05, 0.1) is 5.69 Å². The van der Waals surface area contributed by atoms with E-state index in [1.54, 1.807) is 11.9 Å². The Morgan fingerprint density at radius 2 is 1.48 bits per heavy atom. The molecule has 0 aliphatic rings. The molecule has 4 aromatic rings. The molecular weight excluding hydrogens is 410 g/mol. The molecule has 0 aliphatic carbocycles. The second kappa shape index (κ2) is 10.3. The Kier molecular flexibility index (Phi) is 6.77. The van der Waals surface area contributed by atoms with Gasteiger partial charge in [0.15, 0.2) is 0 Å². The lowest BCUT2D eigenvalue weighted by molar-refractivity contribution is -0.138. The molecule has 0 fully saturated rings. The first-order valence-corrected chi connectivity index (χ1v) is 10.6. The number of rotatable bonds is 6. The minimum atomic E-state index is -0.900. The van der Waals surface area contributed by atoms with Crippen molar-refractivity contribution >= 4 is 11.8 Å². The molecule has 0 aliphatic heterocycles. The average Bonchev–Trinajstić information content (AvgIpc) is 2.87. The van der Waals surface area contributed by atoms with Gasteiger partial charge in [-0.25, -0.2) is 14.8 Å². The van der Waals surface area contributed by atoms with Crippen molar-refractivity contribution < 1.29 is 9.90 Å². The highest BCUT2D eigenvalue weighted by Gasteiger charge is 2.24. The van der Waals surface area contributed by atoms with Crippen LogP contribution in [0.4, 0.5) is 5.82 Å². The van der Waals surface area contributed by atoms with Gasteiger partial charge >= 0.3 is 5.97 Å². The van der Waals surface area contributed by atoms with Crippen LogP contribution >= 0.6 is 0 Å². The normalized spacial score (nSPS) is 11.2. The predicted molar refractivity (Wildman–Crippen MR) is 130 cm³/mol. The lowest BCUT2D eigenvalue weighted by Gasteiger charge is -2.26. The van der Waals surface area contributed by atoms with E-state index in [0.717, 1.165) is 27.9 Å². The van der Waals surface area contributed by atoms with Gasteiger partial charge in [0, 0.05) is 36.2 Å². The topological polar surface area (TPSA) is 66.3 Å². The molecule has 1 aromatic heterocycles. The second-order valence-electron chi connectivity index (χ2n) is 7.61. The summed E-state index contributed by atoms with van der Waals surface area (Å²) in [5.74, 6) is 5.96. The summed E-state index contributed by atoms with van der Waals surface area (Å²) in [6.07, 6.45) is 1.84. The Hall–Kier alpha value is -4.43. The van der Waals surface area contributed by atoms with Crippen LogP contribution in [0.15, 0.2) is 97.3 Å². The van der Waals surface area contributed by atoms with Crippen molar-refractivity contribution in [3.63, 3.8) is 0 Å². The summed E-state index contributed by atoms with van der Waals surface area (Å²) in [6.45, 7) is 0. The summed E-state index contributed by atoms with van der Waals surface area (Å²) in [7, 11) is 1.75. The molecule has 1 atom stereocenters. The van der Waals surface area contributed by atoms with Crippen LogP contribution in [0.1, 0.15) is 16.7 Å². The molecule has 0 spiro atoms. The highest BCUT2D eigenvalue weighted by molar-refractivity contribution is 5.78. The van der Waals surface area contributed by atoms with Gasteiger partial charge in [-0.05, 0) is 29.8 Å². The molecule has 1 N–H and O–H groups in total. The lowest BCUT2D eigenvalue weighted by Crippen LogP contribution is -2.40. The van der Waals surface area contributed by atoms with Crippen LogP contribution in [0.2, 0.25) is 0 Å². The number of aliphatic carboxylic acids is 1. The summed E-state index contributed by atoms with van der Waals surface area (Å²) in [5, 5.41) is 9.82. The Morgan fingerprint density at radius 1 is 0.879 bits per heavy atom. The Bertz CT molecular complexity index is 1280. The number of benzene rings is 3. The number of carboxylic acid groups (broad SMARTS) is 1. The number of aromatic nitrogens is 2. The van der Waals surface area contributed by atoms with Gasteiger partial charge in [-0.3, -0.25) is 0 Å². The largest absolute Gasteiger partial charge is 0.480 e. The van der Waals surface area contributed by atoms with Gasteiger partial charge < -0.3 is 10.0 Å². The van der Waals surface area contributed by atoms with E-state index in [-0.39, 0.29) is 0 Å². The number of likely N-dealkylation sites (N-methyl/N-ethyl adjacent to an activating group) is 1. The smallest absolute Gasteiger partial charge is 0.326 e. The van der Waals surface area contributed by atoms with Gasteiger partial charge in [0.1, 0.15) is 18.2 Å². The van der Waals surface area contributed by atoms with Gasteiger partial charge in [-0.1, -0.05) is 72.5 Å². The third-order valence-corrected chi connectivity index (χ3v) is 5.34. The fourth-order valence-electron chi connectivity index (χ4n) is 3.47. The van der Waals surface area contributed by atoms with Gasteiger partial charge in [0.2, 0.25) is 0 Å². The minimum Gasteiger partial charge on any atom is -0.480 e. The van der Waals surface area contributed by atoms with E-state index in [0.29, 0.717) is 12.2 Å². The fraction of sp³-hybridized carbons (Fsp3) is 0.107.